The predicted octanol–water partition coefficient (Wildman–Crippen LogP) is 2.26. The van der Waals surface area contributed by atoms with Crippen LogP contribution < -0.4 is 15.0 Å². The van der Waals surface area contributed by atoms with Gasteiger partial charge >= 0.3 is 5.69 Å². The van der Waals surface area contributed by atoms with Crippen molar-refractivity contribution in [2.24, 2.45) is 5.10 Å². The molecule has 0 aliphatic heterocycles. The van der Waals surface area contributed by atoms with Crippen LogP contribution in [0, 0.1) is 17.0 Å². The Balaban J connectivity index is 2.57. The van der Waals surface area contributed by atoms with E-state index in [1.807, 2.05) is 0 Å². The second-order valence-corrected chi connectivity index (χ2v) is 5.90. The number of aryl methyl sites for hydroxylation is 1. The lowest BCUT2D eigenvalue weighted by molar-refractivity contribution is -0.385. The van der Waals surface area contributed by atoms with Gasteiger partial charge in [0.1, 0.15) is 5.69 Å². The number of aromatic nitrogens is 3. The van der Waals surface area contributed by atoms with Crippen molar-refractivity contribution in [2.45, 2.75) is 25.9 Å². The van der Waals surface area contributed by atoms with Crippen molar-refractivity contribution in [3.05, 3.63) is 43.9 Å². The molecule has 1 heterocycles. The molecule has 11 heteroatoms. The average molecular weight is 393 g/mol. The molecule has 0 spiro atoms. The van der Waals surface area contributed by atoms with Crippen LogP contribution in [0.3, 0.4) is 0 Å². The molecular formula is C16H19N5O5S. The van der Waals surface area contributed by atoms with E-state index in [0.29, 0.717) is 17.3 Å². The van der Waals surface area contributed by atoms with Gasteiger partial charge in [0.2, 0.25) is 10.9 Å². The summed E-state index contributed by atoms with van der Waals surface area (Å²) in [4.78, 5) is 23.1. The van der Waals surface area contributed by atoms with Gasteiger partial charge in [0.05, 0.1) is 24.4 Å². The highest BCUT2D eigenvalue weighted by atomic mass is 32.2. The molecule has 2 aromatic rings. The summed E-state index contributed by atoms with van der Waals surface area (Å²) in [5.41, 5.74) is -0.0959. The molecule has 0 bridgehead atoms. The highest BCUT2D eigenvalue weighted by Gasteiger charge is 2.22. The minimum Gasteiger partial charge on any atom is -0.490 e. The van der Waals surface area contributed by atoms with Gasteiger partial charge in [-0.1, -0.05) is 11.8 Å². The Hall–Kier alpha value is -2.95. The van der Waals surface area contributed by atoms with Gasteiger partial charge in [-0.25, -0.2) is 0 Å². The largest absolute Gasteiger partial charge is 0.490 e. The standard InChI is InChI=1S/C16H19N5O5S/c1-5-25-13-8-11(7-12(21(23)24)14(13)26-6-2)9-17-20-15(22)10(3)18-19-16(20)27-4/h7-9H,5-6H2,1-4H3/b17-9-. The van der Waals surface area contributed by atoms with E-state index in [9.17, 15) is 14.9 Å². The molecule has 27 heavy (non-hydrogen) atoms. The van der Waals surface area contributed by atoms with E-state index in [2.05, 4.69) is 15.3 Å². The van der Waals surface area contributed by atoms with E-state index >= 15 is 0 Å². The first-order chi connectivity index (χ1) is 12.9. The van der Waals surface area contributed by atoms with Crippen molar-refractivity contribution >= 4 is 23.7 Å². The predicted molar refractivity (Wildman–Crippen MR) is 101 cm³/mol. The SMILES string of the molecule is CCOc1cc(/C=N\n2c(SC)nnc(C)c2=O)cc([N+](=O)[O-])c1OCC. The average Bonchev–Trinajstić information content (AvgIpc) is 2.64. The third kappa shape index (κ3) is 4.61. The number of hydrogen-bond acceptors (Lipinski definition) is 9. The van der Waals surface area contributed by atoms with E-state index in [1.54, 1.807) is 26.2 Å². The number of hydrogen-bond donors (Lipinski definition) is 0. The summed E-state index contributed by atoms with van der Waals surface area (Å²) < 4.78 is 12.0. The van der Waals surface area contributed by atoms with Crippen LogP contribution in [0.5, 0.6) is 11.5 Å². The van der Waals surface area contributed by atoms with Crippen LogP contribution >= 0.6 is 11.8 Å². The zero-order chi connectivity index (χ0) is 20.0. The molecule has 0 aliphatic carbocycles. The monoisotopic (exact) mass is 393 g/mol. The molecule has 0 radical (unpaired) electrons. The van der Waals surface area contributed by atoms with Crippen molar-refractivity contribution in [1.29, 1.82) is 0 Å². The van der Waals surface area contributed by atoms with Gasteiger partial charge in [-0.15, -0.1) is 10.2 Å². The Morgan fingerprint density at radius 2 is 2.00 bits per heavy atom. The molecule has 1 aromatic heterocycles. The summed E-state index contributed by atoms with van der Waals surface area (Å²) in [6.45, 7) is 5.58. The maximum absolute atomic E-state index is 12.2. The van der Waals surface area contributed by atoms with Crippen LogP contribution in [-0.4, -0.2) is 45.5 Å². The van der Waals surface area contributed by atoms with Crippen LogP contribution in [0.2, 0.25) is 0 Å². The zero-order valence-electron chi connectivity index (χ0n) is 15.3. The summed E-state index contributed by atoms with van der Waals surface area (Å²) in [6, 6.07) is 2.87. The van der Waals surface area contributed by atoms with Gasteiger partial charge in [-0.05, 0) is 33.1 Å². The topological polar surface area (TPSA) is 122 Å². The number of nitrogens with zero attached hydrogens (tertiary/aromatic N) is 5. The van der Waals surface area contributed by atoms with Crippen LogP contribution in [0.25, 0.3) is 0 Å². The Labute approximate surface area is 159 Å². The number of benzene rings is 1. The number of thioether (sulfide) groups is 1. The fraction of sp³-hybridized carbons (Fsp3) is 0.375. The van der Waals surface area contributed by atoms with Crippen molar-refractivity contribution in [3.63, 3.8) is 0 Å². The first kappa shape index (κ1) is 20.4. The molecule has 0 unspecified atom stereocenters. The summed E-state index contributed by atoms with van der Waals surface area (Å²) in [7, 11) is 0. The highest BCUT2D eigenvalue weighted by molar-refractivity contribution is 7.98. The van der Waals surface area contributed by atoms with Crippen molar-refractivity contribution in [1.82, 2.24) is 14.9 Å². The molecule has 10 nitrogen and oxygen atoms in total. The highest BCUT2D eigenvalue weighted by Crippen LogP contribution is 2.38. The van der Waals surface area contributed by atoms with Gasteiger partial charge in [0.15, 0.2) is 5.75 Å². The van der Waals surface area contributed by atoms with E-state index < -0.39 is 10.5 Å². The van der Waals surface area contributed by atoms with Crippen LogP contribution in [0.15, 0.2) is 27.2 Å². The fourth-order valence-electron chi connectivity index (χ4n) is 2.17. The van der Waals surface area contributed by atoms with Gasteiger partial charge < -0.3 is 9.47 Å². The maximum Gasteiger partial charge on any atom is 0.315 e. The first-order valence-corrected chi connectivity index (χ1v) is 9.28. The van der Waals surface area contributed by atoms with Gasteiger partial charge in [-0.3, -0.25) is 14.9 Å². The zero-order valence-corrected chi connectivity index (χ0v) is 16.1. The molecule has 0 amide bonds. The summed E-state index contributed by atoms with van der Waals surface area (Å²) in [5, 5.41) is 23.5. The van der Waals surface area contributed by atoms with Crippen molar-refractivity contribution in [3.8, 4) is 11.5 Å². The first-order valence-electron chi connectivity index (χ1n) is 8.05. The summed E-state index contributed by atoms with van der Waals surface area (Å²) >= 11 is 1.20. The lowest BCUT2D eigenvalue weighted by Gasteiger charge is -2.12. The second-order valence-electron chi connectivity index (χ2n) is 5.12. The molecule has 1 aromatic carbocycles. The normalized spacial score (nSPS) is 11.0. The van der Waals surface area contributed by atoms with E-state index in [1.165, 1.54) is 31.0 Å². The van der Waals surface area contributed by atoms with E-state index in [0.717, 1.165) is 4.68 Å². The van der Waals surface area contributed by atoms with E-state index in [-0.39, 0.29) is 29.5 Å². The van der Waals surface area contributed by atoms with Gasteiger partial charge in [-0.2, -0.15) is 9.78 Å². The third-order valence-electron chi connectivity index (χ3n) is 3.32. The molecular weight excluding hydrogens is 374 g/mol. The minimum absolute atomic E-state index is 0.0601. The number of nitro groups is 1. The minimum atomic E-state index is -0.553. The molecule has 2 rings (SSSR count). The molecule has 0 atom stereocenters. The Kier molecular flexibility index (Phi) is 6.88. The lowest BCUT2D eigenvalue weighted by atomic mass is 10.2. The fourth-order valence-corrected chi connectivity index (χ4v) is 2.59. The molecule has 144 valence electrons. The lowest BCUT2D eigenvalue weighted by Crippen LogP contribution is -2.23. The van der Waals surface area contributed by atoms with Crippen LogP contribution in [0.4, 0.5) is 5.69 Å². The maximum atomic E-state index is 12.2. The Bertz CT molecular complexity index is 928. The van der Waals surface area contributed by atoms with Crippen LogP contribution in [0.1, 0.15) is 25.1 Å². The number of rotatable bonds is 8. The molecule has 0 saturated carbocycles. The molecule has 0 saturated heterocycles. The molecule has 0 aliphatic rings. The van der Waals surface area contributed by atoms with Gasteiger partial charge in [0, 0.05) is 11.6 Å². The third-order valence-corrected chi connectivity index (χ3v) is 3.94. The van der Waals surface area contributed by atoms with Crippen molar-refractivity contribution < 1.29 is 14.4 Å². The smallest absolute Gasteiger partial charge is 0.315 e. The summed E-state index contributed by atoms with van der Waals surface area (Å²) in [5.74, 6) is 0.293. The van der Waals surface area contributed by atoms with Crippen molar-refractivity contribution in [2.75, 3.05) is 19.5 Å². The number of nitro benzene ring substituents is 1. The molecule has 0 N–H and O–H groups in total. The Morgan fingerprint density at radius 3 is 2.59 bits per heavy atom. The van der Waals surface area contributed by atoms with Gasteiger partial charge in [0.25, 0.3) is 5.56 Å². The quantitative estimate of drug-likeness (QED) is 0.290. The second kappa shape index (κ2) is 9.12. The number of ether oxygens (including phenoxy) is 2. The Morgan fingerprint density at radius 1 is 1.30 bits per heavy atom. The molecule has 0 fully saturated rings. The van der Waals surface area contributed by atoms with E-state index in [4.69, 9.17) is 9.47 Å². The summed E-state index contributed by atoms with van der Waals surface area (Å²) in [6.07, 6.45) is 3.06. The van der Waals surface area contributed by atoms with Crippen LogP contribution in [-0.2, 0) is 0 Å².